The molecular weight excluding hydrogens is 952 g/mol. The van der Waals surface area contributed by atoms with E-state index in [2.05, 4.69) is 142 Å². The molecule has 12 heteroatoms. The summed E-state index contributed by atoms with van der Waals surface area (Å²) in [7, 11) is -4.80. The summed E-state index contributed by atoms with van der Waals surface area (Å²) >= 11 is 0. The number of allylic oxidation sites excluding steroid dienone is 23. The van der Waals surface area contributed by atoms with Crippen LogP contribution in [0, 0.1) is 0 Å². The lowest BCUT2D eigenvalue weighted by molar-refractivity contribution is -0.160. The van der Waals surface area contributed by atoms with Crippen LogP contribution in [0.1, 0.15) is 188 Å². The highest BCUT2D eigenvalue weighted by Gasteiger charge is 2.28. The van der Waals surface area contributed by atoms with Crippen LogP contribution in [0.15, 0.2) is 146 Å². The zero-order chi connectivity index (χ0) is 54.1. The molecule has 3 atom stereocenters. The summed E-state index contributed by atoms with van der Waals surface area (Å²) < 4.78 is 39.3. The molecule has 74 heavy (non-hydrogen) atoms. The van der Waals surface area contributed by atoms with Gasteiger partial charge in [0.15, 0.2) is 6.10 Å². The maximum atomic E-state index is 12.9. The second-order valence-corrected chi connectivity index (χ2v) is 19.1. The van der Waals surface area contributed by atoms with Crippen molar-refractivity contribution in [2.24, 2.45) is 0 Å². The SMILES string of the molecule is CC/C=C\C/C=C\C/C=C\C/C=C\C/C=C\CC(=O)OC(COC(=O)CCCCCCCCC/C=C\C/C=C\C/C=C\CC)COP(=O)(O)OCC(CO)OC(=O)CCCC/C=C\C/C=C\C/C=C\C/C=C\CC. The van der Waals surface area contributed by atoms with E-state index in [9.17, 15) is 28.9 Å². The molecule has 11 nitrogen and oxygen atoms in total. The molecule has 3 unspecified atom stereocenters. The Bertz CT molecular complexity index is 1800. The minimum absolute atomic E-state index is 0.0784. The minimum atomic E-state index is -4.80. The molecule has 0 amide bonds. The highest BCUT2D eigenvalue weighted by Crippen LogP contribution is 2.43. The monoisotopic (exact) mass is 1050 g/mol. The van der Waals surface area contributed by atoms with Gasteiger partial charge in [-0.3, -0.25) is 23.4 Å². The van der Waals surface area contributed by atoms with E-state index in [0.29, 0.717) is 19.3 Å². The fourth-order valence-electron chi connectivity index (χ4n) is 6.67. The number of unbranched alkanes of at least 4 members (excludes halogenated alkanes) is 9. The average molecular weight is 1050 g/mol. The molecule has 2 N–H and O–H groups in total. The summed E-state index contributed by atoms with van der Waals surface area (Å²) in [6, 6.07) is 0. The summed E-state index contributed by atoms with van der Waals surface area (Å²) in [5, 5.41) is 9.80. The van der Waals surface area contributed by atoms with Gasteiger partial charge in [-0.05, 0) is 116 Å². The van der Waals surface area contributed by atoms with Crippen LogP contribution >= 0.6 is 7.82 Å². The van der Waals surface area contributed by atoms with Crippen LogP contribution in [-0.2, 0) is 42.2 Å². The summed E-state index contributed by atoms with van der Waals surface area (Å²) in [5.74, 6) is -1.69. The predicted octanol–water partition coefficient (Wildman–Crippen LogP) is 16.4. The number of ether oxygens (including phenoxy) is 3. The number of phosphoric acid groups is 1. The topological polar surface area (TPSA) is 155 Å². The first-order chi connectivity index (χ1) is 36.2. The number of hydrogen-bond donors (Lipinski definition) is 2. The largest absolute Gasteiger partial charge is 0.472 e. The summed E-state index contributed by atoms with van der Waals surface area (Å²) in [6.45, 7) is 4.10. The van der Waals surface area contributed by atoms with E-state index in [-0.39, 0.29) is 19.3 Å². The lowest BCUT2D eigenvalue weighted by atomic mass is 10.1. The number of carbonyl (C=O) groups excluding carboxylic acids is 3. The van der Waals surface area contributed by atoms with Crippen LogP contribution in [-0.4, -0.2) is 66.5 Å². The zero-order valence-electron chi connectivity index (χ0n) is 45.7. The van der Waals surface area contributed by atoms with Crippen LogP contribution in [0.5, 0.6) is 0 Å². The predicted molar refractivity (Wildman–Crippen MR) is 306 cm³/mol. The van der Waals surface area contributed by atoms with Gasteiger partial charge in [0, 0.05) is 12.8 Å². The van der Waals surface area contributed by atoms with Crippen molar-refractivity contribution in [1.82, 2.24) is 0 Å². The Balaban J connectivity index is 4.91. The molecule has 416 valence electrons. The fourth-order valence-corrected chi connectivity index (χ4v) is 7.45. The van der Waals surface area contributed by atoms with Crippen molar-refractivity contribution >= 4 is 25.7 Å². The molecule has 0 aliphatic heterocycles. The first-order valence-electron chi connectivity index (χ1n) is 27.7. The third-order valence-corrected chi connectivity index (χ3v) is 11.7. The van der Waals surface area contributed by atoms with Crippen molar-refractivity contribution in [3.05, 3.63) is 146 Å². The molecule has 0 heterocycles. The smallest absolute Gasteiger partial charge is 0.462 e. The number of carbonyl (C=O) groups is 3. The minimum Gasteiger partial charge on any atom is -0.462 e. The van der Waals surface area contributed by atoms with Crippen molar-refractivity contribution < 1.29 is 52.2 Å². The molecule has 0 aromatic carbocycles. The zero-order valence-corrected chi connectivity index (χ0v) is 46.6. The molecule has 0 bridgehead atoms. The molecule has 0 aromatic rings. The Morgan fingerprint density at radius 1 is 0.392 bits per heavy atom. The molecule has 0 spiro atoms. The second-order valence-electron chi connectivity index (χ2n) is 17.6. The Hall–Kier alpha value is -4.64. The Labute approximate surface area is 448 Å². The van der Waals surface area contributed by atoms with E-state index in [1.807, 2.05) is 18.2 Å². The molecule has 0 saturated carbocycles. The van der Waals surface area contributed by atoms with Gasteiger partial charge in [-0.2, -0.15) is 0 Å². The Morgan fingerprint density at radius 2 is 0.716 bits per heavy atom. The number of hydrogen-bond acceptors (Lipinski definition) is 10. The fraction of sp³-hybridized carbons (Fsp3) is 0.565. The lowest BCUT2D eigenvalue weighted by Crippen LogP contribution is -2.30. The van der Waals surface area contributed by atoms with Crippen molar-refractivity contribution in [2.45, 2.75) is 200 Å². The van der Waals surface area contributed by atoms with Crippen LogP contribution < -0.4 is 0 Å². The summed E-state index contributed by atoms with van der Waals surface area (Å²) in [4.78, 5) is 48.4. The molecule has 0 rings (SSSR count). The molecule has 0 fully saturated rings. The molecule has 0 aliphatic carbocycles. The quantitative estimate of drug-likeness (QED) is 0.0197. The number of esters is 3. The van der Waals surface area contributed by atoms with Crippen molar-refractivity contribution in [2.75, 3.05) is 26.4 Å². The maximum Gasteiger partial charge on any atom is 0.472 e. The van der Waals surface area contributed by atoms with Gasteiger partial charge in [0.25, 0.3) is 0 Å². The van der Waals surface area contributed by atoms with Crippen LogP contribution in [0.2, 0.25) is 0 Å². The van der Waals surface area contributed by atoms with Crippen LogP contribution in [0.25, 0.3) is 0 Å². The molecule has 0 radical (unpaired) electrons. The van der Waals surface area contributed by atoms with Crippen molar-refractivity contribution in [3.8, 4) is 0 Å². The van der Waals surface area contributed by atoms with E-state index in [4.69, 9.17) is 23.3 Å². The van der Waals surface area contributed by atoms with E-state index >= 15 is 0 Å². The first kappa shape index (κ1) is 69.4. The highest BCUT2D eigenvalue weighted by atomic mass is 31.2. The summed E-state index contributed by atoms with van der Waals surface area (Å²) in [6.07, 6.45) is 69.9. The molecule has 0 aliphatic rings. The van der Waals surface area contributed by atoms with Crippen molar-refractivity contribution in [3.63, 3.8) is 0 Å². The van der Waals surface area contributed by atoms with E-state index < -0.39 is 64.4 Å². The lowest BCUT2D eigenvalue weighted by Gasteiger charge is -2.21. The Kier molecular flexibility index (Phi) is 51.2. The number of phosphoric ester groups is 1. The summed E-state index contributed by atoms with van der Waals surface area (Å²) in [5.41, 5.74) is 0. The third-order valence-electron chi connectivity index (χ3n) is 10.8. The normalized spacial score (nSPS) is 14.5. The van der Waals surface area contributed by atoms with Crippen molar-refractivity contribution in [1.29, 1.82) is 0 Å². The molecule has 0 aromatic heterocycles. The van der Waals surface area contributed by atoms with Gasteiger partial charge in [0.2, 0.25) is 0 Å². The maximum absolute atomic E-state index is 12.9. The number of aliphatic hydroxyl groups excluding tert-OH is 1. The van der Waals surface area contributed by atoms with E-state index in [1.54, 1.807) is 6.08 Å². The second kappa shape index (κ2) is 54.6. The van der Waals surface area contributed by atoms with Gasteiger partial charge >= 0.3 is 25.7 Å². The van der Waals surface area contributed by atoms with Gasteiger partial charge in [0.1, 0.15) is 12.7 Å². The highest BCUT2D eigenvalue weighted by molar-refractivity contribution is 7.47. The molecule has 0 saturated heterocycles. The average Bonchev–Trinajstić information content (AvgIpc) is 3.39. The third kappa shape index (κ3) is 52.2. The first-order valence-corrected chi connectivity index (χ1v) is 29.2. The Morgan fingerprint density at radius 3 is 1.15 bits per heavy atom. The van der Waals surface area contributed by atoms with Gasteiger partial charge in [-0.25, -0.2) is 4.57 Å². The van der Waals surface area contributed by atoms with Gasteiger partial charge in [-0.1, -0.05) is 199 Å². The number of rotatable bonds is 49. The van der Waals surface area contributed by atoms with E-state index in [0.717, 1.165) is 122 Å². The van der Waals surface area contributed by atoms with Gasteiger partial charge in [-0.15, -0.1) is 0 Å². The standard InChI is InChI=1S/C62H97O11P/c1-4-7-10-13-16-19-22-25-28-29-32-33-36-39-42-45-48-51-60(64)69-55-59(73-62(66)53-50-47-44-41-38-35-31-27-24-21-18-15-12-9-6-3)57-71-74(67,68)70-56-58(54-63)72-61(65)52-49-46-43-40-37-34-30-26-23-20-17-14-11-8-5-2/h7-12,16-21,25-28,30-31,37-38,40-41,47,50,58-59,63H,4-6,13-15,22-24,29,32-36,39,42-46,48-49,51-57H2,1-3H3,(H,67,68)/b10-7-,11-8-,12-9-,19-16-,20-17-,21-18-,28-25-,30-26-,31-27-,40-37-,41-38-,50-47-. The number of aliphatic hydroxyl groups is 1. The van der Waals surface area contributed by atoms with Crippen LogP contribution in [0.3, 0.4) is 0 Å². The van der Waals surface area contributed by atoms with E-state index in [1.165, 1.54) is 6.42 Å². The van der Waals surface area contributed by atoms with Crippen LogP contribution in [0.4, 0.5) is 0 Å². The van der Waals surface area contributed by atoms with Gasteiger partial charge < -0.3 is 24.2 Å². The molecular formula is C62H97O11P. The van der Waals surface area contributed by atoms with Gasteiger partial charge in [0.05, 0.1) is 26.2 Å².